The van der Waals surface area contributed by atoms with Crippen LogP contribution in [0.1, 0.15) is 12.8 Å². The first-order valence-corrected chi connectivity index (χ1v) is 6.29. The topological polar surface area (TPSA) is 56.3 Å². The van der Waals surface area contributed by atoms with E-state index in [1.165, 1.54) is 0 Å². The van der Waals surface area contributed by atoms with Crippen molar-refractivity contribution in [3.05, 3.63) is 40.7 Å². The molecule has 1 heterocycles. The lowest BCUT2D eigenvalue weighted by Crippen LogP contribution is -2.31. The third-order valence-electron chi connectivity index (χ3n) is 3.38. The van der Waals surface area contributed by atoms with Crippen molar-refractivity contribution in [3.8, 4) is 0 Å². The minimum absolute atomic E-state index is 0.0633. The molecule has 1 aliphatic rings. The molecule has 0 spiro atoms. The van der Waals surface area contributed by atoms with E-state index in [0.29, 0.717) is 18.0 Å². The summed E-state index contributed by atoms with van der Waals surface area (Å²) in [6.45, 7) is 0.671. The fraction of sp³-hybridized carbons (Fsp3) is 0.357. The third-order valence-corrected chi connectivity index (χ3v) is 3.38. The molecule has 1 aliphatic carbocycles. The van der Waals surface area contributed by atoms with Gasteiger partial charge in [0, 0.05) is 18.0 Å². The number of aliphatic hydroxyl groups is 1. The number of pyridine rings is 1. The van der Waals surface area contributed by atoms with Crippen LogP contribution in [0.5, 0.6) is 0 Å². The molecule has 0 radical (unpaired) electrons. The molecular formula is C14H16N2O2. The van der Waals surface area contributed by atoms with Gasteiger partial charge >= 0.3 is 0 Å². The molecule has 0 aliphatic heterocycles. The van der Waals surface area contributed by atoms with Gasteiger partial charge in [0.25, 0.3) is 5.56 Å². The normalized spacial score (nSPS) is 14.9. The number of aliphatic hydroxyl groups excluding tert-OH is 1. The second kappa shape index (κ2) is 4.46. The number of fused-ring (bicyclic) bond motifs is 1. The Hall–Kier alpha value is -1.81. The summed E-state index contributed by atoms with van der Waals surface area (Å²) in [7, 11) is 0. The quantitative estimate of drug-likeness (QED) is 0.856. The van der Waals surface area contributed by atoms with E-state index >= 15 is 0 Å². The first kappa shape index (κ1) is 11.3. The van der Waals surface area contributed by atoms with Crippen LogP contribution in [0.3, 0.4) is 0 Å². The maximum Gasteiger partial charge on any atom is 0.257 e. The van der Waals surface area contributed by atoms with Crippen LogP contribution >= 0.6 is 0 Å². The predicted octanol–water partition coefficient (Wildman–Crippen LogP) is 1.49. The lowest BCUT2D eigenvalue weighted by atomic mass is 10.1. The molecule has 4 heteroatoms. The molecule has 3 rings (SSSR count). The van der Waals surface area contributed by atoms with Crippen LogP contribution in [0.15, 0.2) is 35.1 Å². The highest BCUT2D eigenvalue weighted by Crippen LogP contribution is 2.30. The highest BCUT2D eigenvalue weighted by Gasteiger charge is 2.29. The molecule has 4 nitrogen and oxygen atoms in total. The van der Waals surface area contributed by atoms with Gasteiger partial charge in [-0.3, -0.25) is 4.79 Å². The van der Waals surface area contributed by atoms with Crippen LogP contribution in [0.2, 0.25) is 0 Å². The van der Waals surface area contributed by atoms with E-state index in [2.05, 4.69) is 9.88 Å². The molecule has 2 aromatic rings. The van der Waals surface area contributed by atoms with Gasteiger partial charge in [-0.1, -0.05) is 18.2 Å². The van der Waals surface area contributed by atoms with E-state index < -0.39 is 0 Å². The molecule has 0 saturated heterocycles. The molecule has 0 amide bonds. The highest BCUT2D eigenvalue weighted by atomic mass is 16.3. The summed E-state index contributed by atoms with van der Waals surface area (Å²) in [6.07, 6.45) is 2.27. The van der Waals surface area contributed by atoms with Crippen LogP contribution in [0.25, 0.3) is 10.8 Å². The van der Waals surface area contributed by atoms with Crippen molar-refractivity contribution in [2.75, 3.05) is 18.1 Å². The minimum Gasteiger partial charge on any atom is -0.395 e. The fourth-order valence-corrected chi connectivity index (χ4v) is 2.35. The number of nitrogens with zero attached hydrogens (tertiary/aromatic N) is 1. The Morgan fingerprint density at radius 2 is 2.11 bits per heavy atom. The molecule has 18 heavy (non-hydrogen) atoms. The molecule has 2 N–H and O–H groups in total. The predicted molar refractivity (Wildman–Crippen MR) is 72.0 cm³/mol. The first-order valence-electron chi connectivity index (χ1n) is 6.29. The lowest BCUT2D eigenvalue weighted by molar-refractivity contribution is 0.301. The monoisotopic (exact) mass is 244 g/mol. The van der Waals surface area contributed by atoms with Crippen LogP contribution < -0.4 is 10.5 Å². The van der Waals surface area contributed by atoms with Gasteiger partial charge in [-0.25, -0.2) is 0 Å². The summed E-state index contributed by atoms with van der Waals surface area (Å²) >= 11 is 0. The van der Waals surface area contributed by atoms with Crippen LogP contribution in [0, 0.1) is 0 Å². The number of anilines is 1. The van der Waals surface area contributed by atoms with E-state index in [0.717, 1.165) is 24.0 Å². The zero-order chi connectivity index (χ0) is 12.5. The summed E-state index contributed by atoms with van der Waals surface area (Å²) in [5.74, 6) is 0.815. The number of benzene rings is 1. The number of H-pyrrole nitrogens is 1. The van der Waals surface area contributed by atoms with Gasteiger partial charge in [-0.15, -0.1) is 0 Å². The Balaban J connectivity index is 2.08. The zero-order valence-electron chi connectivity index (χ0n) is 10.1. The smallest absolute Gasteiger partial charge is 0.257 e. The molecule has 1 aromatic heterocycles. The van der Waals surface area contributed by atoms with Crippen molar-refractivity contribution in [2.24, 2.45) is 0 Å². The molecule has 94 valence electrons. The molecule has 0 unspecified atom stereocenters. The lowest BCUT2D eigenvalue weighted by Gasteiger charge is -2.23. The second-order valence-electron chi connectivity index (χ2n) is 4.72. The van der Waals surface area contributed by atoms with Crippen molar-refractivity contribution >= 4 is 16.6 Å². The van der Waals surface area contributed by atoms with Crippen molar-refractivity contribution in [1.82, 2.24) is 4.98 Å². The Labute approximate surface area is 105 Å². The SMILES string of the molecule is O=c1[nH]c(N(CCO)C2CC2)cc2ccccc12. The first-order chi connectivity index (χ1) is 8.79. The van der Waals surface area contributed by atoms with Crippen molar-refractivity contribution in [3.63, 3.8) is 0 Å². The van der Waals surface area contributed by atoms with E-state index in [1.807, 2.05) is 30.3 Å². The summed E-state index contributed by atoms with van der Waals surface area (Å²) in [6, 6.07) is 10.0. The largest absolute Gasteiger partial charge is 0.395 e. The van der Waals surface area contributed by atoms with Gasteiger partial charge in [0.2, 0.25) is 0 Å². The molecule has 0 bridgehead atoms. The average Bonchev–Trinajstić information content (AvgIpc) is 3.20. The van der Waals surface area contributed by atoms with E-state index in [4.69, 9.17) is 5.11 Å². The van der Waals surface area contributed by atoms with Crippen molar-refractivity contribution < 1.29 is 5.11 Å². The van der Waals surface area contributed by atoms with E-state index in [9.17, 15) is 4.79 Å². The van der Waals surface area contributed by atoms with Crippen LogP contribution in [0.4, 0.5) is 5.82 Å². The molecular weight excluding hydrogens is 228 g/mol. The molecule has 1 saturated carbocycles. The average molecular weight is 244 g/mol. The van der Waals surface area contributed by atoms with Crippen molar-refractivity contribution in [1.29, 1.82) is 0 Å². The van der Waals surface area contributed by atoms with Gasteiger partial charge in [-0.05, 0) is 30.4 Å². The van der Waals surface area contributed by atoms with Gasteiger partial charge in [0.1, 0.15) is 5.82 Å². The number of rotatable bonds is 4. The number of hydrogen-bond acceptors (Lipinski definition) is 3. The summed E-state index contributed by atoms with van der Waals surface area (Å²) in [5, 5.41) is 10.8. The minimum atomic E-state index is -0.0633. The third kappa shape index (κ3) is 1.99. The Bertz CT molecular complexity index is 616. The maximum atomic E-state index is 12.0. The number of nitrogens with one attached hydrogen (secondary N) is 1. The number of aromatic nitrogens is 1. The highest BCUT2D eigenvalue weighted by molar-refractivity contribution is 5.83. The Morgan fingerprint density at radius 3 is 2.83 bits per heavy atom. The standard InChI is InChI=1S/C14H16N2O2/c17-8-7-16(11-5-6-11)13-9-10-3-1-2-4-12(10)14(18)15-13/h1-4,9,11,17H,5-8H2,(H,15,18). The molecule has 0 atom stereocenters. The fourth-order valence-electron chi connectivity index (χ4n) is 2.35. The summed E-state index contributed by atoms with van der Waals surface area (Å²) in [4.78, 5) is 17.0. The van der Waals surface area contributed by atoms with Crippen molar-refractivity contribution in [2.45, 2.75) is 18.9 Å². The van der Waals surface area contributed by atoms with Crippen LogP contribution in [-0.4, -0.2) is 29.3 Å². The van der Waals surface area contributed by atoms with E-state index in [1.54, 1.807) is 0 Å². The van der Waals surface area contributed by atoms with Gasteiger partial charge in [0.15, 0.2) is 0 Å². The number of aromatic amines is 1. The van der Waals surface area contributed by atoms with Gasteiger partial charge in [0.05, 0.1) is 6.61 Å². The number of hydrogen-bond donors (Lipinski definition) is 2. The maximum absolute atomic E-state index is 12.0. The Morgan fingerprint density at radius 1 is 1.33 bits per heavy atom. The van der Waals surface area contributed by atoms with E-state index in [-0.39, 0.29) is 12.2 Å². The summed E-state index contributed by atoms with van der Waals surface area (Å²) < 4.78 is 0. The zero-order valence-corrected chi connectivity index (χ0v) is 10.1. The van der Waals surface area contributed by atoms with Crippen LogP contribution in [-0.2, 0) is 0 Å². The Kier molecular flexibility index (Phi) is 2.80. The second-order valence-corrected chi connectivity index (χ2v) is 4.72. The summed E-state index contributed by atoms with van der Waals surface area (Å²) in [5.41, 5.74) is -0.0633. The molecule has 1 aromatic carbocycles. The van der Waals surface area contributed by atoms with Gasteiger partial charge in [-0.2, -0.15) is 0 Å². The van der Waals surface area contributed by atoms with Gasteiger partial charge < -0.3 is 15.0 Å². The molecule has 1 fully saturated rings.